The van der Waals surface area contributed by atoms with Crippen molar-refractivity contribution in [1.29, 1.82) is 0 Å². The summed E-state index contributed by atoms with van der Waals surface area (Å²) in [5, 5.41) is 13.1. The van der Waals surface area contributed by atoms with Gasteiger partial charge >= 0.3 is 5.97 Å². The van der Waals surface area contributed by atoms with Gasteiger partial charge in [-0.25, -0.2) is 4.68 Å². The Morgan fingerprint density at radius 3 is 2.76 bits per heavy atom. The van der Waals surface area contributed by atoms with E-state index in [0.29, 0.717) is 5.56 Å². The summed E-state index contributed by atoms with van der Waals surface area (Å²) in [6, 6.07) is 8.91. The van der Waals surface area contributed by atoms with Crippen LogP contribution in [0.5, 0.6) is 0 Å². The molecule has 1 saturated carbocycles. The first-order valence-electron chi connectivity index (χ1n) is 6.78. The Morgan fingerprint density at radius 2 is 2.14 bits per heavy atom. The molecule has 1 fully saturated rings. The maximum atomic E-state index is 12.5. The number of carboxylic acids is 1. The van der Waals surface area contributed by atoms with Crippen molar-refractivity contribution in [1.82, 2.24) is 14.7 Å². The summed E-state index contributed by atoms with van der Waals surface area (Å²) in [7, 11) is 0. The van der Waals surface area contributed by atoms with Crippen LogP contribution < -0.4 is 0 Å². The first-order valence-corrected chi connectivity index (χ1v) is 6.78. The van der Waals surface area contributed by atoms with Crippen LogP contribution in [-0.2, 0) is 4.79 Å². The number of aromatic nitrogens is 2. The second-order valence-electron chi connectivity index (χ2n) is 5.06. The summed E-state index contributed by atoms with van der Waals surface area (Å²) in [5.74, 6) is -1.23. The summed E-state index contributed by atoms with van der Waals surface area (Å²) in [6.45, 7) is -0.254. The zero-order valence-electron chi connectivity index (χ0n) is 11.3. The lowest BCUT2D eigenvalue weighted by molar-refractivity contribution is -0.137. The van der Waals surface area contributed by atoms with Crippen LogP contribution in [0.4, 0.5) is 0 Å². The van der Waals surface area contributed by atoms with Crippen LogP contribution in [0.3, 0.4) is 0 Å². The minimum absolute atomic E-state index is 0.0574. The second-order valence-corrected chi connectivity index (χ2v) is 5.06. The second kappa shape index (κ2) is 5.40. The fourth-order valence-electron chi connectivity index (χ4n) is 2.27. The Morgan fingerprint density at radius 1 is 1.33 bits per heavy atom. The highest BCUT2D eigenvalue weighted by Gasteiger charge is 2.34. The molecule has 3 rings (SSSR count). The van der Waals surface area contributed by atoms with Crippen LogP contribution in [0.25, 0.3) is 5.69 Å². The van der Waals surface area contributed by atoms with E-state index in [0.717, 1.165) is 18.5 Å². The van der Waals surface area contributed by atoms with Crippen molar-refractivity contribution in [3.63, 3.8) is 0 Å². The van der Waals surface area contributed by atoms with Gasteiger partial charge in [-0.1, -0.05) is 6.07 Å². The number of benzene rings is 1. The van der Waals surface area contributed by atoms with Crippen molar-refractivity contribution in [3.8, 4) is 5.69 Å². The Hall–Kier alpha value is -2.63. The topological polar surface area (TPSA) is 75.4 Å². The molecule has 1 aromatic carbocycles. The summed E-state index contributed by atoms with van der Waals surface area (Å²) >= 11 is 0. The molecule has 2 aromatic rings. The largest absolute Gasteiger partial charge is 0.480 e. The Labute approximate surface area is 121 Å². The minimum atomic E-state index is -0.988. The highest BCUT2D eigenvalue weighted by atomic mass is 16.4. The van der Waals surface area contributed by atoms with E-state index in [4.69, 9.17) is 5.11 Å². The van der Waals surface area contributed by atoms with Gasteiger partial charge in [-0.2, -0.15) is 5.10 Å². The smallest absolute Gasteiger partial charge is 0.323 e. The Balaban J connectivity index is 1.86. The molecule has 0 aliphatic heterocycles. The molecule has 0 spiro atoms. The zero-order chi connectivity index (χ0) is 14.8. The van der Waals surface area contributed by atoms with E-state index in [-0.39, 0.29) is 18.5 Å². The van der Waals surface area contributed by atoms with Gasteiger partial charge in [-0.15, -0.1) is 0 Å². The lowest BCUT2D eigenvalue weighted by atomic mass is 10.1. The van der Waals surface area contributed by atoms with Crippen molar-refractivity contribution in [2.75, 3.05) is 6.54 Å². The van der Waals surface area contributed by atoms with Crippen molar-refractivity contribution < 1.29 is 14.7 Å². The fraction of sp³-hybridized carbons (Fsp3) is 0.267. The Kier molecular flexibility index (Phi) is 3.43. The van der Waals surface area contributed by atoms with Crippen LogP contribution in [0.1, 0.15) is 23.2 Å². The van der Waals surface area contributed by atoms with Gasteiger partial charge in [0.05, 0.1) is 5.69 Å². The molecule has 0 unspecified atom stereocenters. The van der Waals surface area contributed by atoms with Crippen LogP contribution in [0.15, 0.2) is 42.7 Å². The molecule has 1 amide bonds. The third kappa shape index (κ3) is 2.94. The summed E-state index contributed by atoms with van der Waals surface area (Å²) in [5.41, 5.74) is 1.26. The lowest BCUT2D eigenvalue weighted by Crippen LogP contribution is -2.37. The predicted molar refractivity (Wildman–Crippen MR) is 75.3 cm³/mol. The van der Waals surface area contributed by atoms with Gasteiger partial charge < -0.3 is 10.0 Å². The molecule has 1 N–H and O–H groups in total. The number of hydrogen-bond acceptors (Lipinski definition) is 3. The summed E-state index contributed by atoms with van der Waals surface area (Å²) < 4.78 is 1.66. The molecule has 6 nitrogen and oxygen atoms in total. The molecule has 108 valence electrons. The normalized spacial score (nSPS) is 13.9. The zero-order valence-corrected chi connectivity index (χ0v) is 11.3. The van der Waals surface area contributed by atoms with E-state index < -0.39 is 5.97 Å². The number of carboxylic acid groups (broad SMARTS) is 1. The van der Waals surface area contributed by atoms with E-state index in [1.165, 1.54) is 4.90 Å². The van der Waals surface area contributed by atoms with Gasteiger partial charge in [0.15, 0.2) is 0 Å². The number of amides is 1. The van der Waals surface area contributed by atoms with Gasteiger partial charge in [0.2, 0.25) is 0 Å². The van der Waals surface area contributed by atoms with Gasteiger partial charge in [0.25, 0.3) is 5.91 Å². The molecule has 0 bridgehead atoms. The third-order valence-electron chi connectivity index (χ3n) is 3.42. The first-order chi connectivity index (χ1) is 10.1. The predicted octanol–water partition coefficient (Wildman–Crippen LogP) is 1.56. The van der Waals surface area contributed by atoms with Crippen LogP contribution in [0, 0.1) is 0 Å². The SMILES string of the molecule is O=C(O)CN(C(=O)c1cccc(-n2cccn2)c1)C1CC1. The van der Waals surface area contributed by atoms with E-state index in [1.54, 1.807) is 41.3 Å². The molecule has 21 heavy (non-hydrogen) atoms. The lowest BCUT2D eigenvalue weighted by Gasteiger charge is -2.20. The van der Waals surface area contributed by atoms with Gasteiger partial charge in [-0.05, 0) is 37.1 Å². The number of hydrogen-bond donors (Lipinski definition) is 1. The first kappa shape index (κ1) is 13.4. The molecule has 0 radical (unpaired) electrons. The van der Waals surface area contributed by atoms with Crippen LogP contribution in [0.2, 0.25) is 0 Å². The minimum Gasteiger partial charge on any atom is -0.480 e. The summed E-state index contributed by atoms with van der Waals surface area (Å²) in [4.78, 5) is 24.9. The third-order valence-corrected chi connectivity index (χ3v) is 3.42. The Bertz CT molecular complexity index is 663. The fourth-order valence-corrected chi connectivity index (χ4v) is 2.27. The monoisotopic (exact) mass is 285 g/mol. The molecule has 1 heterocycles. The molecule has 6 heteroatoms. The van der Waals surface area contributed by atoms with E-state index >= 15 is 0 Å². The van der Waals surface area contributed by atoms with Gasteiger partial charge in [0.1, 0.15) is 6.54 Å². The number of nitrogens with zero attached hydrogens (tertiary/aromatic N) is 3. The number of carbonyl (C=O) groups is 2. The van der Waals surface area contributed by atoms with Crippen LogP contribution >= 0.6 is 0 Å². The van der Waals surface area contributed by atoms with Crippen molar-refractivity contribution in [2.45, 2.75) is 18.9 Å². The highest BCUT2D eigenvalue weighted by Crippen LogP contribution is 2.28. The number of rotatable bonds is 5. The molecular formula is C15H15N3O3. The van der Waals surface area contributed by atoms with Crippen LogP contribution in [-0.4, -0.2) is 44.3 Å². The van der Waals surface area contributed by atoms with Crippen molar-refractivity contribution in [2.24, 2.45) is 0 Å². The highest BCUT2D eigenvalue weighted by molar-refractivity contribution is 5.96. The van der Waals surface area contributed by atoms with Gasteiger partial charge in [0, 0.05) is 24.0 Å². The number of aliphatic carboxylic acids is 1. The maximum absolute atomic E-state index is 12.5. The molecule has 1 aromatic heterocycles. The maximum Gasteiger partial charge on any atom is 0.323 e. The molecule has 0 atom stereocenters. The average Bonchev–Trinajstić information content (AvgIpc) is 3.17. The average molecular weight is 285 g/mol. The van der Waals surface area contributed by atoms with Crippen molar-refractivity contribution >= 4 is 11.9 Å². The van der Waals surface area contributed by atoms with E-state index in [9.17, 15) is 9.59 Å². The van der Waals surface area contributed by atoms with Gasteiger partial charge in [-0.3, -0.25) is 9.59 Å². The summed E-state index contributed by atoms with van der Waals surface area (Å²) in [6.07, 6.45) is 5.20. The van der Waals surface area contributed by atoms with E-state index in [2.05, 4.69) is 5.10 Å². The molecule has 0 saturated heterocycles. The van der Waals surface area contributed by atoms with E-state index in [1.807, 2.05) is 6.07 Å². The molecular weight excluding hydrogens is 270 g/mol. The molecule has 1 aliphatic rings. The number of carbonyl (C=O) groups excluding carboxylic acids is 1. The van der Waals surface area contributed by atoms with Crippen molar-refractivity contribution in [3.05, 3.63) is 48.3 Å². The molecule has 1 aliphatic carbocycles. The quantitative estimate of drug-likeness (QED) is 0.904. The standard InChI is InChI=1S/C15H15N3O3/c19-14(20)10-17(12-5-6-12)15(21)11-3-1-4-13(9-11)18-8-2-7-16-18/h1-4,7-9,12H,5-6,10H2,(H,19,20).